The molecule has 0 bridgehead atoms. The molecule has 0 aliphatic rings. The van der Waals surface area contributed by atoms with Gasteiger partial charge in [0, 0.05) is 41.0 Å². The van der Waals surface area contributed by atoms with E-state index in [0.29, 0.717) is 0 Å². The maximum atomic E-state index is 2.57. The number of fused-ring (bicyclic) bond motifs is 7. The summed E-state index contributed by atoms with van der Waals surface area (Å²) in [6.45, 7) is 0. The van der Waals surface area contributed by atoms with Crippen LogP contribution in [0.4, 0.5) is 17.1 Å². The van der Waals surface area contributed by atoms with Gasteiger partial charge in [0.2, 0.25) is 0 Å². The van der Waals surface area contributed by atoms with Crippen LogP contribution in [0.1, 0.15) is 0 Å². The third-order valence-corrected chi connectivity index (χ3v) is 14.5. The van der Waals surface area contributed by atoms with E-state index in [-0.39, 0.29) is 0 Å². The van der Waals surface area contributed by atoms with Crippen molar-refractivity contribution in [3.63, 3.8) is 0 Å². The maximum absolute atomic E-state index is 2.57. The Labute approximate surface area is 362 Å². The summed E-state index contributed by atoms with van der Waals surface area (Å²) in [4.78, 5) is 2.57. The molecule has 0 N–H and O–H groups in total. The zero-order valence-corrected chi connectivity index (χ0v) is 34.8. The van der Waals surface area contributed by atoms with E-state index < -0.39 is 0 Å². The maximum Gasteiger partial charge on any atom is 0.0640 e. The molecule has 3 heteroatoms. The van der Waals surface area contributed by atoms with Crippen LogP contribution >= 0.6 is 22.7 Å². The van der Waals surface area contributed by atoms with E-state index in [1.807, 2.05) is 22.7 Å². The fraction of sp³-hybridized carbons (Fsp3) is 0. The van der Waals surface area contributed by atoms with Gasteiger partial charge in [-0.2, -0.15) is 0 Å². The molecule has 0 fully saturated rings. The Morgan fingerprint density at radius 1 is 0.262 bits per heavy atom. The minimum absolute atomic E-state index is 1.15. The first-order valence-corrected chi connectivity index (χ1v) is 22.4. The average Bonchev–Trinajstić information content (AvgIpc) is 3.92. The molecule has 12 rings (SSSR count). The molecule has 286 valence electrons. The third-order valence-electron chi connectivity index (χ3n) is 12.1. The van der Waals surface area contributed by atoms with E-state index in [9.17, 15) is 0 Å². The largest absolute Gasteiger partial charge is 0.308 e. The summed E-state index contributed by atoms with van der Waals surface area (Å²) in [6, 6.07) is 82.3. The van der Waals surface area contributed by atoms with Gasteiger partial charge >= 0.3 is 0 Å². The Bertz CT molecular complexity index is 3570. The summed E-state index contributed by atoms with van der Waals surface area (Å²) in [5.41, 5.74) is 13.3. The highest BCUT2D eigenvalue weighted by molar-refractivity contribution is 7.27. The lowest BCUT2D eigenvalue weighted by molar-refractivity contribution is 1.34. The van der Waals surface area contributed by atoms with Crippen molar-refractivity contribution < 1.29 is 0 Å². The van der Waals surface area contributed by atoms with Crippen LogP contribution in [-0.4, -0.2) is 0 Å². The first-order valence-electron chi connectivity index (χ1n) is 20.7. The van der Waals surface area contributed by atoms with Crippen molar-refractivity contribution in [1.82, 2.24) is 0 Å². The summed E-state index contributed by atoms with van der Waals surface area (Å²) < 4.78 is 5.12. The number of anilines is 3. The quantitative estimate of drug-likeness (QED) is 0.155. The third kappa shape index (κ3) is 6.04. The number of hydrogen-bond acceptors (Lipinski definition) is 3. The van der Waals surface area contributed by atoms with Crippen LogP contribution in [0.2, 0.25) is 0 Å². The van der Waals surface area contributed by atoms with Crippen molar-refractivity contribution in [3.8, 4) is 44.5 Å². The van der Waals surface area contributed by atoms with Gasteiger partial charge in [-0.1, -0.05) is 194 Å². The average molecular weight is 812 g/mol. The molecule has 0 aliphatic heterocycles. The standard InChI is InChI=1S/C58H37NS2/c1-5-16-38(17-6-1)42-28-30-48-49-26-15-27-53(57(49)60-54(48)36-42)59(51-34-32-44(40-20-9-3-10-21-40)46-24-13-14-25-47(46)51)52-35-33-45(41-22-11-4-12-23-41)58-56(52)50-31-29-43(37-55(50)61-58)39-18-7-2-8-19-39/h1-37H. The van der Waals surface area contributed by atoms with Gasteiger partial charge in [0.15, 0.2) is 0 Å². The molecule has 0 aliphatic carbocycles. The highest BCUT2D eigenvalue weighted by Gasteiger charge is 2.25. The number of thiophene rings is 2. The zero-order valence-electron chi connectivity index (χ0n) is 33.1. The number of rotatable bonds is 7. The summed E-state index contributed by atoms with van der Waals surface area (Å²) >= 11 is 3.79. The van der Waals surface area contributed by atoms with Crippen LogP contribution in [0.15, 0.2) is 224 Å². The Balaban J connectivity index is 1.17. The molecular weight excluding hydrogens is 775 g/mol. The van der Waals surface area contributed by atoms with Gasteiger partial charge < -0.3 is 4.90 Å². The molecule has 1 nitrogen and oxygen atoms in total. The van der Waals surface area contributed by atoms with E-state index in [2.05, 4.69) is 229 Å². The van der Waals surface area contributed by atoms with Gasteiger partial charge in [0.25, 0.3) is 0 Å². The van der Waals surface area contributed by atoms with Crippen LogP contribution in [-0.2, 0) is 0 Å². The summed E-state index contributed by atoms with van der Waals surface area (Å²) in [7, 11) is 0. The Kier molecular flexibility index (Phi) is 8.62. The van der Waals surface area contributed by atoms with Gasteiger partial charge in [0.1, 0.15) is 0 Å². The highest BCUT2D eigenvalue weighted by atomic mass is 32.1. The lowest BCUT2D eigenvalue weighted by Crippen LogP contribution is -2.11. The molecular formula is C58H37NS2. The Hall–Kier alpha value is -7.30. The minimum Gasteiger partial charge on any atom is -0.308 e. The van der Waals surface area contributed by atoms with Crippen LogP contribution < -0.4 is 4.90 Å². The number of hydrogen-bond donors (Lipinski definition) is 0. The van der Waals surface area contributed by atoms with Crippen molar-refractivity contribution in [2.45, 2.75) is 0 Å². The number of nitrogens with zero attached hydrogens (tertiary/aromatic N) is 1. The summed E-state index contributed by atoms with van der Waals surface area (Å²) in [6.07, 6.45) is 0. The summed E-state index contributed by atoms with van der Waals surface area (Å²) in [5, 5.41) is 7.52. The molecule has 61 heavy (non-hydrogen) atoms. The molecule has 12 aromatic rings. The van der Waals surface area contributed by atoms with Crippen molar-refractivity contribution in [3.05, 3.63) is 224 Å². The van der Waals surface area contributed by atoms with Crippen LogP contribution in [0, 0.1) is 0 Å². The zero-order chi connectivity index (χ0) is 40.3. The normalized spacial score (nSPS) is 11.6. The van der Waals surface area contributed by atoms with Crippen molar-refractivity contribution >= 4 is 90.9 Å². The molecule has 0 spiro atoms. The van der Waals surface area contributed by atoms with Crippen LogP contribution in [0.3, 0.4) is 0 Å². The second-order valence-electron chi connectivity index (χ2n) is 15.6. The molecule has 0 unspecified atom stereocenters. The van der Waals surface area contributed by atoms with E-state index in [1.54, 1.807) is 0 Å². The molecule has 0 radical (unpaired) electrons. The topological polar surface area (TPSA) is 3.24 Å². The smallest absolute Gasteiger partial charge is 0.0640 e. The van der Waals surface area contributed by atoms with Crippen molar-refractivity contribution in [2.24, 2.45) is 0 Å². The molecule has 0 saturated heterocycles. The molecule has 0 amide bonds. The van der Waals surface area contributed by atoms with E-state index in [0.717, 1.165) is 5.69 Å². The van der Waals surface area contributed by atoms with Gasteiger partial charge in [-0.25, -0.2) is 0 Å². The van der Waals surface area contributed by atoms with Gasteiger partial charge in [-0.3, -0.25) is 0 Å². The minimum atomic E-state index is 1.15. The predicted octanol–water partition coefficient (Wildman–Crippen LogP) is 17.7. The van der Waals surface area contributed by atoms with E-state index >= 15 is 0 Å². The Morgan fingerprint density at radius 3 is 1.41 bits per heavy atom. The Morgan fingerprint density at radius 2 is 0.754 bits per heavy atom. The van der Waals surface area contributed by atoms with E-state index in [4.69, 9.17) is 0 Å². The van der Waals surface area contributed by atoms with Crippen molar-refractivity contribution in [1.29, 1.82) is 0 Å². The fourth-order valence-corrected chi connectivity index (χ4v) is 11.8. The second kappa shape index (κ2) is 14.8. The number of benzene rings is 10. The monoisotopic (exact) mass is 811 g/mol. The van der Waals surface area contributed by atoms with Gasteiger partial charge in [0.05, 0.1) is 21.8 Å². The van der Waals surface area contributed by atoms with Crippen molar-refractivity contribution in [2.75, 3.05) is 4.90 Å². The van der Waals surface area contributed by atoms with Crippen LogP contribution in [0.25, 0.3) is 95.6 Å². The first kappa shape index (κ1) is 35.6. The SMILES string of the molecule is c1ccc(-c2ccc3c(c2)sc2c(N(c4ccc(-c5ccccc5)c5ccccc45)c4ccc(-c5ccccc5)c5sc6cc(-c7ccccc7)ccc6c45)cccc23)cc1. The second-order valence-corrected chi connectivity index (χ2v) is 17.7. The van der Waals surface area contributed by atoms with E-state index in [1.165, 1.54) is 107 Å². The molecule has 0 saturated carbocycles. The summed E-state index contributed by atoms with van der Waals surface area (Å²) in [5.74, 6) is 0. The predicted molar refractivity (Wildman–Crippen MR) is 266 cm³/mol. The van der Waals surface area contributed by atoms with Gasteiger partial charge in [-0.15, -0.1) is 22.7 Å². The first-order chi connectivity index (χ1) is 30.3. The highest BCUT2D eigenvalue weighted by Crippen LogP contribution is 2.53. The molecule has 10 aromatic carbocycles. The molecule has 0 atom stereocenters. The fourth-order valence-electron chi connectivity index (χ4n) is 9.21. The molecule has 2 heterocycles. The lowest BCUT2D eigenvalue weighted by Gasteiger charge is -2.29. The van der Waals surface area contributed by atoms with Crippen LogP contribution in [0.5, 0.6) is 0 Å². The van der Waals surface area contributed by atoms with Gasteiger partial charge in [-0.05, 0) is 80.2 Å². The lowest BCUT2D eigenvalue weighted by atomic mass is 9.95. The molecule has 2 aromatic heterocycles.